The van der Waals surface area contributed by atoms with E-state index in [1.807, 2.05) is 12.1 Å². The Morgan fingerprint density at radius 3 is 2.52 bits per heavy atom. The second-order valence-electron chi connectivity index (χ2n) is 5.26. The van der Waals surface area contributed by atoms with E-state index in [1.54, 1.807) is 6.20 Å². The molecule has 1 aromatic carbocycles. The Bertz CT molecular complexity index is 637. The number of halogens is 3. The van der Waals surface area contributed by atoms with E-state index in [2.05, 4.69) is 4.98 Å². The van der Waals surface area contributed by atoms with Gasteiger partial charge in [-0.25, -0.2) is 0 Å². The summed E-state index contributed by atoms with van der Waals surface area (Å²) in [4.78, 5) is 4.30. The van der Waals surface area contributed by atoms with Crippen LogP contribution in [0.5, 0.6) is 0 Å². The van der Waals surface area contributed by atoms with Gasteiger partial charge in [-0.15, -0.1) is 0 Å². The Hall–Kier alpha value is -1.88. The van der Waals surface area contributed by atoms with Crippen LogP contribution in [0.3, 0.4) is 0 Å². The van der Waals surface area contributed by atoms with Crippen LogP contribution in [-0.4, -0.2) is 10.1 Å². The van der Waals surface area contributed by atoms with Gasteiger partial charge in [0.25, 0.3) is 0 Å². The van der Waals surface area contributed by atoms with Crippen LogP contribution in [0.4, 0.5) is 13.2 Å². The van der Waals surface area contributed by atoms with E-state index < -0.39 is 17.8 Å². The summed E-state index contributed by atoms with van der Waals surface area (Å²) < 4.78 is 37.6. The predicted octanol–water partition coefficient (Wildman–Crippen LogP) is 3.86. The van der Waals surface area contributed by atoms with Crippen molar-refractivity contribution in [2.24, 2.45) is 0 Å². The number of fused-ring (bicyclic) bond motifs is 1. The molecule has 1 heterocycles. The summed E-state index contributed by atoms with van der Waals surface area (Å²) in [6.07, 6.45) is -1.91. The molecule has 3 rings (SSSR count). The maximum Gasteiger partial charge on any atom is 0.416 e. The van der Waals surface area contributed by atoms with Gasteiger partial charge in [0.05, 0.1) is 11.7 Å². The summed E-state index contributed by atoms with van der Waals surface area (Å²) in [7, 11) is 0. The Morgan fingerprint density at radius 2 is 1.86 bits per heavy atom. The van der Waals surface area contributed by atoms with Gasteiger partial charge in [0, 0.05) is 17.8 Å². The topological polar surface area (TPSA) is 33.1 Å². The monoisotopic (exact) mass is 293 g/mol. The number of pyridine rings is 1. The van der Waals surface area contributed by atoms with Gasteiger partial charge in [0.15, 0.2) is 0 Å². The molecular weight excluding hydrogens is 279 g/mol. The molecular formula is C16H14F3NO. The molecule has 0 spiro atoms. The van der Waals surface area contributed by atoms with Crippen molar-refractivity contribution < 1.29 is 18.3 Å². The van der Waals surface area contributed by atoms with Crippen molar-refractivity contribution >= 4 is 0 Å². The van der Waals surface area contributed by atoms with Crippen LogP contribution in [-0.2, 0) is 12.6 Å². The van der Waals surface area contributed by atoms with Gasteiger partial charge in [-0.1, -0.05) is 18.2 Å². The van der Waals surface area contributed by atoms with Crippen LogP contribution in [0, 0.1) is 0 Å². The molecule has 2 aromatic rings. The molecule has 21 heavy (non-hydrogen) atoms. The fourth-order valence-electron chi connectivity index (χ4n) is 2.85. The van der Waals surface area contributed by atoms with Crippen molar-refractivity contribution in [1.82, 2.24) is 4.98 Å². The van der Waals surface area contributed by atoms with E-state index in [0.29, 0.717) is 5.56 Å². The molecule has 0 amide bonds. The SMILES string of the molecule is OC(c1ccc(C(F)(F)F)cc1)C1CCc2cccnc21. The van der Waals surface area contributed by atoms with Crippen molar-refractivity contribution in [2.45, 2.75) is 31.0 Å². The Labute approximate surface area is 120 Å². The molecule has 0 fully saturated rings. The van der Waals surface area contributed by atoms with Gasteiger partial charge in [-0.05, 0) is 42.2 Å². The van der Waals surface area contributed by atoms with Crippen LogP contribution in [0.1, 0.15) is 40.8 Å². The molecule has 0 bridgehead atoms. The normalized spacial score (nSPS) is 19.3. The minimum Gasteiger partial charge on any atom is -0.388 e. The predicted molar refractivity (Wildman–Crippen MR) is 71.7 cm³/mol. The van der Waals surface area contributed by atoms with E-state index in [-0.39, 0.29) is 5.92 Å². The number of aromatic nitrogens is 1. The third-order valence-corrected chi connectivity index (χ3v) is 3.96. The molecule has 2 atom stereocenters. The summed E-state index contributed by atoms with van der Waals surface area (Å²) in [6, 6.07) is 8.52. The van der Waals surface area contributed by atoms with Gasteiger partial charge < -0.3 is 5.11 Å². The van der Waals surface area contributed by atoms with Crippen LogP contribution in [0.25, 0.3) is 0 Å². The lowest BCUT2D eigenvalue weighted by Gasteiger charge is -2.19. The molecule has 1 N–H and O–H groups in total. The highest BCUT2D eigenvalue weighted by molar-refractivity contribution is 5.34. The highest BCUT2D eigenvalue weighted by Crippen LogP contribution is 2.40. The molecule has 2 unspecified atom stereocenters. The first kappa shape index (κ1) is 14.1. The highest BCUT2D eigenvalue weighted by atomic mass is 19.4. The number of nitrogens with zero attached hydrogens (tertiary/aromatic N) is 1. The second kappa shape index (κ2) is 5.15. The Balaban J connectivity index is 1.85. The van der Waals surface area contributed by atoms with Crippen LogP contribution in [0.2, 0.25) is 0 Å². The molecule has 1 aliphatic rings. The lowest BCUT2D eigenvalue weighted by atomic mass is 9.93. The van der Waals surface area contributed by atoms with Crippen LogP contribution in [0.15, 0.2) is 42.6 Å². The zero-order valence-corrected chi connectivity index (χ0v) is 11.1. The van der Waals surface area contributed by atoms with Crippen molar-refractivity contribution in [3.05, 3.63) is 65.0 Å². The summed E-state index contributed by atoms with van der Waals surface area (Å²) >= 11 is 0. The van der Waals surface area contributed by atoms with Crippen molar-refractivity contribution in [2.75, 3.05) is 0 Å². The van der Waals surface area contributed by atoms with Crippen molar-refractivity contribution in [3.63, 3.8) is 0 Å². The van der Waals surface area contributed by atoms with Crippen LogP contribution >= 0.6 is 0 Å². The molecule has 0 radical (unpaired) electrons. The molecule has 5 heteroatoms. The average Bonchev–Trinajstić information content (AvgIpc) is 2.90. The molecule has 0 aliphatic heterocycles. The number of aliphatic hydroxyl groups excluding tert-OH is 1. The van der Waals surface area contributed by atoms with Crippen molar-refractivity contribution in [1.29, 1.82) is 0 Å². The van der Waals surface area contributed by atoms with Gasteiger partial charge in [-0.2, -0.15) is 13.2 Å². The fourth-order valence-corrected chi connectivity index (χ4v) is 2.85. The van der Waals surface area contributed by atoms with E-state index in [4.69, 9.17) is 0 Å². The highest BCUT2D eigenvalue weighted by Gasteiger charge is 2.33. The van der Waals surface area contributed by atoms with Gasteiger partial charge in [0.1, 0.15) is 0 Å². The van der Waals surface area contributed by atoms with Crippen LogP contribution < -0.4 is 0 Å². The lowest BCUT2D eigenvalue weighted by molar-refractivity contribution is -0.137. The maximum absolute atomic E-state index is 12.5. The zero-order chi connectivity index (χ0) is 15.0. The van der Waals surface area contributed by atoms with E-state index >= 15 is 0 Å². The number of hydrogen-bond acceptors (Lipinski definition) is 2. The Kier molecular flexibility index (Phi) is 3.45. The molecule has 0 saturated heterocycles. The van der Waals surface area contributed by atoms with Gasteiger partial charge in [-0.3, -0.25) is 4.98 Å². The number of aliphatic hydroxyl groups is 1. The van der Waals surface area contributed by atoms with Gasteiger partial charge in [0.2, 0.25) is 0 Å². The molecule has 2 nitrogen and oxygen atoms in total. The van der Waals surface area contributed by atoms with Crippen molar-refractivity contribution in [3.8, 4) is 0 Å². The number of aryl methyl sites for hydroxylation is 1. The van der Waals surface area contributed by atoms with E-state index in [0.717, 1.165) is 36.2 Å². The first-order chi connectivity index (χ1) is 9.97. The van der Waals surface area contributed by atoms with E-state index in [1.165, 1.54) is 12.1 Å². The number of hydrogen-bond donors (Lipinski definition) is 1. The second-order valence-corrected chi connectivity index (χ2v) is 5.26. The quantitative estimate of drug-likeness (QED) is 0.912. The largest absolute Gasteiger partial charge is 0.416 e. The number of alkyl halides is 3. The smallest absolute Gasteiger partial charge is 0.388 e. The third-order valence-electron chi connectivity index (χ3n) is 3.96. The summed E-state index contributed by atoms with van der Waals surface area (Å²) in [5.74, 6) is -0.155. The molecule has 0 saturated carbocycles. The average molecular weight is 293 g/mol. The maximum atomic E-state index is 12.5. The zero-order valence-electron chi connectivity index (χ0n) is 11.1. The number of benzene rings is 1. The summed E-state index contributed by atoms with van der Waals surface area (Å²) in [6.45, 7) is 0. The fraction of sp³-hybridized carbons (Fsp3) is 0.312. The Morgan fingerprint density at radius 1 is 1.14 bits per heavy atom. The minimum atomic E-state index is -4.36. The first-order valence-electron chi connectivity index (χ1n) is 6.76. The van der Waals surface area contributed by atoms with Gasteiger partial charge >= 0.3 is 6.18 Å². The molecule has 1 aromatic heterocycles. The first-order valence-corrected chi connectivity index (χ1v) is 6.76. The minimum absolute atomic E-state index is 0.155. The molecule has 110 valence electrons. The third kappa shape index (κ3) is 2.65. The molecule has 1 aliphatic carbocycles. The number of rotatable bonds is 2. The lowest BCUT2D eigenvalue weighted by Crippen LogP contribution is -2.10. The van der Waals surface area contributed by atoms with E-state index in [9.17, 15) is 18.3 Å². The summed E-state index contributed by atoms with van der Waals surface area (Å²) in [5, 5.41) is 10.4. The standard InChI is InChI=1S/C16H14F3NO/c17-16(18,19)12-6-3-11(4-7-12)15(21)13-8-5-10-2-1-9-20-14(10)13/h1-4,6-7,9,13,15,21H,5,8H2. The summed E-state index contributed by atoms with van der Waals surface area (Å²) in [5.41, 5.74) is 1.74.